The number of rotatable bonds is 5. The maximum Gasteiger partial charge on any atom is 0.295 e. The quantitative estimate of drug-likeness (QED) is 0.422. The molecular formula is C22H20N4O2. The highest BCUT2D eigenvalue weighted by molar-refractivity contribution is 6.11. The summed E-state index contributed by atoms with van der Waals surface area (Å²) in [6.07, 6.45) is 1.29. The van der Waals surface area contributed by atoms with Gasteiger partial charge in [0, 0.05) is 18.8 Å². The molecule has 1 N–H and O–H groups in total. The van der Waals surface area contributed by atoms with Crippen molar-refractivity contribution in [2.45, 2.75) is 13.8 Å². The third-order valence-electron chi connectivity index (χ3n) is 4.59. The van der Waals surface area contributed by atoms with Crippen molar-refractivity contribution in [1.29, 1.82) is 5.26 Å². The Hall–Kier alpha value is -3.85. The van der Waals surface area contributed by atoms with Crippen LogP contribution < -0.4 is 10.9 Å². The number of anilines is 1. The average Bonchev–Trinajstić information content (AvgIpc) is 2.92. The number of ketones is 1. The summed E-state index contributed by atoms with van der Waals surface area (Å²) in [6, 6.07) is 18.2. The molecule has 0 atom stereocenters. The minimum atomic E-state index is -0.396. The van der Waals surface area contributed by atoms with Gasteiger partial charge >= 0.3 is 0 Å². The normalized spacial score (nSPS) is 11.1. The van der Waals surface area contributed by atoms with Crippen LogP contribution in [0.25, 0.3) is 5.69 Å². The van der Waals surface area contributed by atoms with Gasteiger partial charge in [0.1, 0.15) is 17.3 Å². The Bertz CT molecular complexity index is 1140. The van der Waals surface area contributed by atoms with E-state index in [2.05, 4.69) is 5.32 Å². The highest BCUT2D eigenvalue weighted by atomic mass is 16.1. The monoisotopic (exact) mass is 372 g/mol. The van der Waals surface area contributed by atoms with E-state index in [0.717, 1.165) is 11.3 Å². The number of hydrogen-bond acceptors (Lipinski definition) is 4. The van der Waals surface area contributed by atoms with Gasteiger partial charge in [0.05, 0.1) is 11.4 Å². The molecule has 3 aromatic rings. The number of carbonyl (C=O) groups is 1. The van der Waals surface area contributed by atoms with Gasteiger partial charge in [0.25, 0.3) is 5.56 Å². The van der Waals surface area contributed by atoms with E-state index in [1.54, 1.807) is 30.8 Å². The maximum absolute atomic E-state index is 12.9. The van der Waals surface area contributed by atoms with Crippen molar-refractivity contribution >= 4 is 11.5 Å². The number of nitrogens with zero attached hydrogens (tertiary/aromatic N) is 3. The fourth-order valence-corrected chi connectivity index (χ4v) is 2.89. The molecule has 0 saturated carbocycles. The molecule has 0 aliphatic carbocycles. The van der Waals surface area contributed by atoms with Crippen molar-refractivity contribution in [3.63, 3.8) is 0 Å². The fourth-order valence-electron chi connectivity index (χ4n) is 2.89. The predicted octanol–water partition coefficient (Wildman–Crippen LogP) is 3.50. The van der Waals surface area contributed by atoms with E-state index in [9.17, 15) is 14.9 Å². The van der Waals surface area contributed by atoms with E-state index >= 15 is 0 Å². The molecule has 3 rings (SSSR count). The molecule has 140 valence electrons. The zero-order valence-electron chi connectivity index (χ0n) is 15.9. The third kappa shape index (κ3) is 3.51. The summed E-state index contributed by atoms with van der Waals surface area (Å²) in [5.41, 5.74) is 2.85. The predicted molar refractivity (Wildman–Crippen MR) is 109 cm³/mol. The van der Waals surface area contributed by atoms with E-state index in [1.165, 1.54) is 10.9 Å². The summed E-state index contributed by atoms with van der Waals surface area (Å²) in [6.45, 7) is 3.72. The number of aromatic nitrogens is 2. The Morgan fingerprint density at radius 1 is 1.07 bits per heavy atom. The summed E-state index contributed by atoms with van der Waals surface area (Å²) < 4.78 is 3.25. The van der Waals surface area contributed by atoms with Gasteiger partial charge in [-0.15, -0.1) is 0 Å². The first-order valence-corrected chi connectivity index (χ1v) is 8.76. The number of Topliss-reactive ketones (excluding diaryl/α,β-unsaturated/α-hetero) is 1. The van der Waals surface area contributed by atoms with Crippen LogP contribution in [0.15, 0.2) is 71.2 Å². The number of para-hydroxylation sites is 1. The summed E-state index contributed by atoms with van der Waals surface area (Å²) in [4.78, 5) is 25.4. The van der Waals surface area contributed by atoms with Crippen molar-refractivity contribution < 1.29 is 4.79 Å². The second kappa shape index (κ2) is 7.80. The third-order valence-corrected chi connectivity index (χ3v) is 4.59. The maximum atomic E-state index is 12.9. The highest BCUT2D eigenvalue weighted by Gasteiger charge is 2.17. The van der Waals surface area contributed by atoms with Crippen LogP contribution in [-0.2, 0) is 7.05 Å². The largest absolute Gasteiger partial charge is 0.354 e. The SMILES string of the molecule is Cc1ccc(C(=O)/C(C#N)=C\Nc2c(C)n(C)n(-c3ccccc3)c2=O)cc1. The Kier molecular flexibility index (Phi) is 5.28. The Morgan fingerprint density at radius 3 is 2.32 bits per heavy atom. The zero-order valence-corrected chi connectivity index (χ0v) is 15.9. The minimum Gasteiger partial charge on any atom is -0.354 e. The van der Waals surface area contributed by atoms with Crippen LogP contribution in [0.4, 0.5) is 5.69 Å². The second-order valence-corrected chi connectivity index (χ2v) is 6.45. The smallest absolute Gasteiger partial charge is 0.295 e. The molecule has 1 aromatic heterocycles. The lowest BCUT2D eigenvalue weighted by molar-refractivity contribution is 0.103. The summed E-state index contributed by atoms with van der Waals surface area (Å²) in [5.74, 6) is -0.396. The molecule has 2 aromatic carbocycles. The number of hydrogen-bond donors (Lipinski definition) is 1. The second-order valence-electron chi connectivity index (χ2n) is 6.45. The molecule has 0 spiro atoms. The van der Waals surface area contributed by atoms with Crippen LogP contribution in [0.3, 0.4) is 0 Å². The highest BCUT2D eigenvalue weighted by Crippen LogP contribution is 2.15. The number of carbonyl (C=O) groups excluding carboxylic acids is 1. The molecule has 0 radical (unpaired) electrons. The van der Waals surface area contributed by atoms with Gasteiger partial charge in [0.2, 0.25) is 5.78 Å². The fraction of sp³-hybridized carbons (Fsp3) is 0.136. The van der Waals surface area contributed by atoms with Crippen LogP contribution in [0.5, 0.6) is 0 Å². The van der Waals surface area contributed by atoms with Gasteiger partial charge in [-0.25, -0.2) is 4.68 Å². The molecule has 6 nitrogen and oxygen atoms in total. The van der Waals surface area contributed by atoms with Crippen LogP contribution in [-0.4, -0.2) is 15.1 Å². The van der Waals surface area contributed by atoms with Crippen LogP contribution >= 0.6 is 0 Å². The van der Waals surface area contributed by atoms with Crippen molar-refractivity contribution in [2.24, 2.45) is 7.05 Å². The molecule has 1 heterocycles. The molecule has 0 saturated heterocycles. The van der Waals surface area contributed by atoms with Gasteiger partial charge in [-0.3, -0.25) is 14.3 Å². The molecule has 0 aliphatic heterocycles. The first kappa shape index (κ1) is 18.9. The summed E-state index contributed by atoms with van der Waals surface area (Å²) in [5, 5.41) is 12.3. The van der Waals surface area contributed by atoms with Gasteiger partial charge in [0.15, 0.2) is 0 Å². The van der Waals surface area contributed by atoms with E-state index in [0.29, 0.717) is 16.9 Å². The molecule has 6 heteroatoms. The molecule has 0 aliphatic rings. The average molecular weight is 372 g/mol. The minimum absolute atomic E-state index is 0.0715. The summed E-state index contributed by atoms with van der Waals surface area (Å²) in [7, 11) is 1.78. The number of nitrogens with one attached hydrogen (secondary N) is 1. The van der Waals surface area contributed by atoms with Gasteiger partial charge in [-0.2, -0.15) is 5.26 Å². The molecule has 0 amide bonds. The first-order chi connectivity index (χ1) is 13.4. The lowest BCUT2D eigenvalue weighted by atomic mass is 10.0. The number of allylic oxidation sites excluding steroid dienone is 1. The lowest BCUT2D eigenvalue weighted by Crippen LogP contribution is -2.20. The van der Waals surface area contributed by atoms with E-state index in [1.807, 2.05) is 55.5 Å². The Balaban J connectivity index is 1.95. The van der Waals surface area contributed by atoms with E-state index in [4.69, 9.17) is 0 Å². The standard InChI is InChI=1S/C22H20N4O2/c1-15-9-11-17(12-10-15)21(27)18(13-23)14-24-20-16(2)25(3)26(22(20)28)19-7-5-4-6-8-19/h4-12,14,24H,1-3H3/b18-14-. The van der Waals surface area contributed by atoms with Crippen LogP contribution in [0.1, 0.15) is 21.6 Å². The van der Waals surface area contributed by atoms with E-state index < -0.39 is 5.78 Å². The number of benzene rings is 2. The van der Waals surface area contributed by atoms with Gasteiger partial charge in [-0.1, -0.05) is 48.0 Å². The van der Waals surface area contributed by atoms with Crippen LogP contribution in [0.2, 0.25) is 0 Å². The van der Waals surface area contributed by atoms with Crippen LogP contribution in [0, 0.1) is 25.2 Å². The van der Waals surface area contributed by atoms with Gasteiger partial charge < -0.3 is 5.32 Å². The topological polar surface area (TPSA) is 79.8 Å². The first-order valence-electron chi connectivity index (χ1n) is 8.76. The molecule has 28 heavy (non-hydrogen) atoms. The van der Waals surface area contributed by atoms with Crippen molar-refractivity contribution in [2.75, 3.05) is 5.32 Å². The molecule has 0 unspecified atom stereocenters. The van der Waals surface area contributed by atoms with Gasteiger partial charge in [-0.05, 0) is 26.0 Å². The molecule has 0 bridgehead atoms. The van der Waals surface area contributed by atoms with Crippen molar-refractivity contribution in [1.82, 2.24) is 9.36 Å². The lowest BCUT2D eigenvalue weighted by Gasteiger charge is -2.07. The Morgan fingerprint density at radius 2 is 1.71 bits per heavy atom. The zero-order chi connectivity index (χ0) is 20.3. The summed E-state index contributed by atoms with van der Waals surface area (Å²) >= 11 is 0. The van der Waals surface area contributed by atoms with E-state index in [-0.39, 0.29) is 11.1 Å². The molecule has 0 fully saturated rings. The number of aryl methyl sites for hydroxylation is 1. The Labute approximate surface area is 162 Å². The number of nitriles is 1. The van der Waals surface area contributed by atoms with Crippen molar-refractivity contribution in [3.8, 4) is 11.8 Å². The molecular weight excluding hydrogens is 352 g/mol. The van der Waals surface area contributed by atoms with Crippen molar-refractivity contribution in [3.05, 3.63) is 93.5 Å².